The number of carboxylic acid groups (broad SMARTS) is 2. The fourth-order valence-corrected chi connectivity index (χ4v) is 2.53. The van der Waals surface area contributed by atoms with E-state index in [4.69, 9.17) is 15.9 Å². The first-order valence-corrected chi connectivity index (χ1v) is 6.22. The molecular weight excluding hydrogens is 258 g/mol. The van der Waals surface area contributed by atoms with Crippen LogP contribution in [0.25, 0.3) is 0 Å². The molecule has 5 nitrogen and oxygen atoms in total. The average Bonchev–Trinajstić information content (AvgIpc) is 2.29. The molecular formula is C12H22ClNO4. The Bertz CT molecular complexity index is 279. The number of halogens is 1. The zero-order valence-corrected chi connectivity index (χ0v) is 11.2. The summed E-state index contributed by atoms with van der Waals surface area (Å²) in [5, 5.41) is 17.8. The fraction of sp³-hybridized carbons (Fsp3) is 0.833. The quantitative estimate of drug-likeness (QED) is 0.689. The Morgan fingerprint density at radius 1 is 1.11 bits per heavy atom. The van der Waals surface area contributed by atoms with E-state index in [-0.39, 0.29) is 18.8 Å². The second-order valence-electron chi connectivity index (χ2n) is 4.96. The van der Waals surface area contributed by atoms with Crippen molar-refractivity contribution < 1.29 is 19.8 Å². The largest absolute Gasteiger partial charge is 0.481 e. The molecule has 1 saturated carbocycles. The Morgan fingerprint density at radius 3 is 2.11 bits per heavy atom. The first-order chi connectivity index (χ1) is 8.00. The van der Waals surface area contributed by atoms with Gasteiger partial charge in [0.05, 0.1) is 5.92 Å². The molecule has 0 saturated heterocycles. The molecule has 0 bridgehead atoms. The summed E-state index contributed by atoms with van der Waals surface area (Å²) < 4.78 is 0. The van der Waals surface area contributed by atoms with Crippen LogP contribution in [0.2, 0.25) is 0 Å². The summed E-state index contributed by atoms with van der Waals surface area (Å²) in [6.45, 7) is 0. The smallest absolute Gasteiger partial charge is 0.320 e. The molecule has 1 aliphatic rings. The van der Waals surface area contributed by atoms with E-state index < -0.39 is 23.9 Å². The van der Waals surface area contributed by atoms with Crippen molar-refractivity contribution in [2.45, 2.75) is 51.0 Å². The molecule has 1 fully saturated rings. The summed E-state index contributed by atoms with van der Waals surface area (Å²) >= 11 is 0. The lowest BCUT2D eigenvalue weighted by atomic mass is 9.81. The van der Waals surface area contributed by atoms with Gasteiger partial charge in [0.1, 0.15) is 6.04 Å². The van der Waals surface area contributed by atoms with Gasteiger partial charge in [0, 0.05) is 0 Å². The Balaban J connectivity index is 0.00000289. The number of hydrogen-bond donors (Lipinski definition) is 3. The third kappa shape index (κ3) is 5.69. The summed E-state index contributed by atoms with van der Waals surface area (Å²) in [6, 6.07) is -1.07. The van der Waals surface area contributed by atoms with Crippen LogP contribution in [0.4, 0.5) is 0 Å². The summed E-state index contributed by atoms with van der Waals surface area (Å²) in [5.74, 6) is -2.25. The molecule has 2 atom stereocenters. The minimum atomic E-state index is -1.13. The highest BCUT2D eigenvalue weighted by atomic mass is 35.5. The minimum Gasteiger partial charge on any atom is -0.481 e. The standard InChI is InChI=1S/C12H21NO4.ClH/c13-10(12(16)17)7-9(11(14)15)6-8-4-2-1-3-5-8;/h8-10H,1-7,13H2,(H,14,15)(H,16,17);1H/t9-,10-;/m0./s1. The molecule has 0 aromatic carbocycles. The van der Waals surface area contributed by atoms with Gasteiger partial charge in [-0.05, 0) is 18.8 Å². The van der Waals surface area contributed by atoms with Crippen molar-refractivity contribution in [2.75, 3.05) is 0 Å². The van der Waals surface area contributed by atoms with E-state index >= 15 is 0 Å². The zero-order valence-electron chi connectivity index (χ0n) is 10.4. The molecule has 0 aromatic rings. The van der Waals surface area contributed by atoms with Crippen LogP contribution in [-0.2, 0) is 9.59 Å². The van der Waals surface area contributed by atoms with Crippen molar-refractivity contribution in [1.82, 2.24) is 0 Å². The van der Waals surface area contributed by atoms with Crippen molar-refractivity contribution in [1.29, 1.82) is 0 Å². The van der Waals surface area contributed by atoms with Gasteiger partial charge in [-0.1, -0.05) is 32.1 Å². The maximum absolute atomic E-state index is 11.1. The van der Waals surface area contributed by atoms with Crippen LogP contribution in [0.3, 0.4) is 0 Å². The van der Waals surface area contributed by atoms with Gasteiger partial charge in [-0.25, -0.2) is 0 Å². The van der Waals surface area contributed by atoms with Crippen LogP contribution in [0.5, 0.6) is 0 Å². The SMILES string of the molecule is Cl.N[C@@H](C[C@H](CC1CCCCC1)C(=O)O)C(=O)O. The van der Waals surface area contributed by atoms with Crippen LogP contribution in [0.15, 0.2) is 0 Å². The second kappa shape index (κ2) is 8.32. The predicted octanol–water partition coefficient (Wildman–Crippen LogP) is 1.88. The lowest BCUT2D eigenvalue weighted by Crippen LogP contribution is -2.35. The molecule has 0 aliphatic heterocycles. The number of nitrogens with two attached hydrogens (primary N) is 1. The summed E-state index contributed by atoms with van der Waals surface area (Å²) in [4.78, 5) is 21.7. The highest BCUT2D eigenvalue weighted by molar-refractivity contribution is 5.85. The molecule has 6 heteroatoms. The summed E-state index contributed by atoms with van der Waals surface area (Å²) in [5.41, 5.74) is 5.40. The van der Waals surface area contributed by atoms with Crippen molar-refractivity contribution in [3.8, 4) is 0 Å². The topological polar surface area (TPSA) is 101 Å². The Labute approximate surface area is 113 Å². The molecule has 0 heterocycles. The summed E-state index contributed by atoms with van der Waals surface area (Å²) in [6.07, 6.45) is 6.25. The average molecular weight is 280 g/mol. The van der Waals surface area contributed by atoms with Crippen molar-refractivity contribution in [2.24, 2.45) is 17.6 Å². The van der Waals surface area contributed by atoms with Gasteiger partial charge >= 0.3 is 11.9 Å². The normalized spacial score (nSPS) is 19.6. The maximum Gasteiger partial charge on any atom is 0.320 e. The predicted molar refractivity (Wildman–Crippen MR) is 69.8 cm³/mol. The van der Waals surface area contributed by atoms with E-state index in [9.17, 15) is 9.59 Å². The van der Waals surface area contributed by atoms with E-state index in [2.05, 4.69) is 0 Å². The van der Waals surface area contributed by atoms with Crippen LogP contribution >= 0.6 is 12.4 Å². The van der Waals surface area contributed by atoms with Crippen LogP contribution in [-0.4, -0.2) is 28.2 Å². The Hall–Kier alpha value is -0.810. The second-order valence-corrected chi connectivity index (χ2v) is 4.96. The Kier molecular flexibility index (Phi) is 7.95. The van der Waals surface area contributed by atoms with Crippen molar-refractivity contribution in [3.63, 3.8) is 0 Å². The third-order valence-corrected chi connectivity index (χ3v) is 3.55. The Morgan fingerprint density at radius 2 is 1.67 bits per heavy atom. The third-order valence-electron chi connectivity index (χ3n) is 3.55. The highest BCUT2D eigenvalue weighted by Gasteiger charge is 2.27. The minimum absolute atomic E-state index is 0. The van der Waals surface area contributed by atoms with Gasteiger partial charge in [0.25, 0.3) is 0 Å². The molecule has 106 valence electrons. The van der Waals surface area contributed by atoms with E-state index in [1.807, 2.05) is 0 Å². The van der Waals surface area contributed by atoms with Crippen molar-refractivity contribution >= 4 is 24.3 Å². The molecule has 0 unspecified atom stereocenters. The lowest BCUT2D eigenvalue weighted by Gasteiger charge is -2.25. The molecule has 0 spiro atoms. The molecule has 1 aliphatic carbocycles. The number of aliphatic carboxylic acids is 2. The van der Waals surface area contributed by atoms with Gasteiger partial charge < -0.3 is 15.9 Å². The highest BCUT2D eigenvalue weighted by Crippen LogP contribution is 2.30. The number of carboxylic acids is 2. The van der Waals surface area contributed by atoms with Gasteiger partial charge in [-0.15, -0.1) is 12.4 Å². The van der Waals surface area contributed by atoms with E-state index in [0.29, 0.717) is 12.3 Å². The van der Waals surface area contributed by atoms with E-state index in [1.54, 1.807) is 0 Å². The van der Waals surface area contributed by atoms with Gasteiger partial charge in [-0.2, -0.15) is 0 Å². The van der Waals surface area contributed by atoms with Crippen LogP contribution in [0.1, 0.15) is 44.9 Å². The molecule has 1 rings (SSSR count). The number of rotatable bonds is 6. The summed E-state index contributed by atoms with van der Waals surface area (Å²) in [7, 11) is 0. The molecule has 0 aromatic heterocycles. The molecule has 18 heavy (non-hydrogen) atoms. The first kappa shape index (κ1) is 17.2. The van der Waals surface area contributed by atoms with E-state index in [0.717, 1.165) is 25.7 Å². The number of carbonyl (C=O) groups is 2. The lowest BCUT2D eigenvalue weighted by molar-refractivity contribution is -0.144. The maximum atomic E-state index is 11.1. The number of hydrogen-bond acceptors (Lipinski definition) is 3. The van der Waals surface area contributed by atoms with Crippen molar-refractivity contribution in [3.05, 3.63) is 0 Å². The zero-order chi connectivity index (χ0) is 12.8. The van der Waals surface area contributed by atoms with Gasteiger partial charge in [0.15, 0.2) is 0 Å². The van der Waals surface area contributed by atoms with Gasteiger partial charge in [-0.3, -0.25) is 9.59 Å². The first-order valence-electron chi connectivity index (χ1n) is 6.22. The van der Waals surface area contributed by atoms with Gasteiger partial charge in [0.2, 0.25) is 0 Å². The van der Waals surface area contributed by atoms with Crippen LogP contribution < -0.4 is 5.73 Å². The molecule has 0 radical (unpaired) electrons. The fourth-order valence-electron chi connectivity index (χ4n) is 2.53. The van der Waals surface area contributed by atoms with E-state index in [1.165, 1.54) is 6.42 Å². The monoisotopic (exact) mass is 279 g/mol. The van der Waals surface area contributed by atoms with Crippen LogP contribution in [0, 0.1) is 11.8 Å². The molecule has 4 N–H and O–H groups in total. The molecule has 0 amide bonds.